The fourth-order valence-electron chi connectivity index (χ4n) is 4.72. The molecule has 2 aliphatic rings. The first-order valence-electron chi connectivity index (χ1n) is 11.8. The van der Waals surface area contributed by atoms with Crippen molar-refractivity contribution in [2.24, 2.45) is 0 Å². The lowest BCUT2D eigenvalue weighted by atomic mass is 9.94. The summed E-state index contributed by atoms with van der Waals surface area (Å²) in [7, 11) is -1.67. The Morgan fingerprint density at radius 3 is 2.61 bits per heavy atom. The van der Waals surface area contributed by atoms with Crippen LogP contribution in [0, 0.1) is 0 Å². The molecule has 182 valence electrons. The standard InChI is InChI=1S/C23H34N4O4S2/c1-4-27-21-11-10-19(33(29,30)26-12-14-31-15-13-26)16-20(21)24-23(27)32-17(2)22(28)25(3)18-8-6-5-7-9-18/h10-11,16-18H,4-9,12-15H2,1-3H3. The first kappa shape index (κ1) is 24.5. The van der Waals surface area contributed by atoms with Crippen molar-refractivity contribution >= 4 is 38.7 Å². The highest BCUT2D eigenvalue weighted by atomic mass is 32.2. The summed E-state index contributed by atoms with van der Waals surface area (Å²) in [6, 6.07) is 5.45. The second kappa shape index (κ2) is 10.3. The third kappa shape index (κ3) is 5.08. The van der Waals surface area contributed by atoms with Crippen LogP contribution in [0.4, 0.5) is 0 Å². The smallest absolute Gasteiger partial charge is 0.243 e. The van der Waals surface area contributed by atoms with Crippen molar-refractivity contribution < 1.29 is 17.9 Å². The SMILES string of the molecule is CCn1c(SC(C)C(=O)N(C)C2CCCCC2)nc2cc(S(=O)(=O)N3CCOCC3)ccc21. The predicted octanol–water partition coefficient (Wildman–Crippen LogP) is 3.35. The highest BCUT2D eigenvalue weighted by Gasteiger charge is 2.29. The number of carbonyl (C=O) groups is 1. The average Bonchev–Trinajstić information content (AvgIpc) is 3.20. The maximum Gasteiger partial charge on any atom is 0.243 e. The van der Waals surface area contributed by atoms with Crippen LogP contribution in [-0.2, 0) is 26.1 Å². The number of fused-ring (bicyclic) bond motifs is 1. The second-order valence-corrected chi connectivity index (χ2v) is 12.1. The molecule has 2 aromatic rings. The van der Waals surface area contributed by atoms with Gasteiger partial charge in [-0.2, -0.15) is 4.31 Å². The molecular weight excluding hydrogens is 460 g/mol. The highest BCUT2D eigenvalue weighted by Crippen LogP contribution is 2.31. The number of nitrogens with zero attached hydrogens (tertiary/aromatic N) is 4. The van der Waals surface area contributed by atoms with E-state index in [2.05, 4.69) is 4.57 Å². The van der Waals surface area contributed by atoms with Gasteiger partial charge in [-0.05, 0) is 44.9 Å². The van der Waals surface area contributed by atoms with Gasteiger partial charge in [-0.25, -0.2) is 13.4 Å². The molecule has 1 aromatic heterocycles. The van der Waals surface area contributed by atoms with Crippen LogP contribution in [0.15, 0.2) is 28.3 Å². The zero-order chi connectivity index (χ0) is 23.6. The molecule has 4 rings (SSSR count). The van der Waals surface area contributed by atoms with Gasteiger partial charge >= 0.3 is 0 Å². The van der Waals surface area contributed by atoms with Crippen LogP contribution >= 0.6 is 11.8 Å². The molecule has 2 fully saturated rings. The number of morpholine rings is 1. The summed E-state index contributed by atoms with van der Waals surface area (Å²) >= 11 is 1.45. The Kier molecular flexibility index (Phi) is 7.67. The summed E-state index contributed by atoms with van der Waals surface area (Å²) in [6.07, 6.45) is 5.78. The number of amides is 1. The number of sulfonamides is 1. The van der Waals surface area contributed by atoms with Crippen LogP contribution in [0.1, 0.15) is 46.0 Å². The van der Waals surface area contributed by atoms with E-state index in [0.29, 0.717) is 44.4 Å². The third-order valence-corrected chi connectivity index (χ3v) is 9.68. The molecule has 1 saturated carbocycles. The molecule has 1 aliphatic heterocycles. The van der Waals surface area contributed by atoms with Crippen LogP contribution in [0.3, 0.4) is 0 Å². The van der Waals surface area contributed by atoms with Crippen LogP contribution in [0.2, 0.25) is 0 Å². The third-order valence-electron chi connectivity index (χ3n) is 6.71. The Labute approximate surface area is 200 Å². The molecule has 1 amide bonds. The Bertz CT molecular complexity index is 1090. The van der Waals surface area contributed by atoms with Gasteiger partial charge in [0.15, 0.2) is 5.16 Å². The van der Waals surface area contributed by atoms with E-state index in [-0.39, 0.29) is 16.1 Å². The molecule has 1 unspecified atom stereocenters. The monoisotopic (exact) mass is 494 g/mol. The number of hydrogen-bond donors (Lipinski definition) is 0. The van der Waals surface area contributed by atoms with Gasteiger partial charge in [0.2, 0.25) is 15.9 Å². The molecule has 1 atom stereocenters. The molecule has 1 aliphatic carbocycles. The molecule has 2 heterocycles. The molecule has 1 saturated heterocycles. The lowest BCUT2D eigenvalue weighted by Gasteiger charge is -2.32. The summed E-state index contributed by atoms with van der Waals surface area (Å²) in [4.78, 5) is 20.0. The molecular formula is C23H34N4O4S2. The van der Waals surface area contributed by atoms with Crippen LogP contribution in [0.5, 0.6) is 0 Å². The molecule has 1 aromatic carbocycles. The van der Waals surface area contributed by atoms with E-state index in [1.54, 1.807) is 12.1 Å². The number of ether oxygens (including phenoxy) is 1. The molecule has 0 N–H and O–H groups in total. The number of imidazole rings is 1. The zero-order valence-electron chi connectivity index (χ0n) is 19.7. The number of hydrogen-bond acceptors (Lipinski definition) is 6. The minimum absolute atomic E-state index is 0.122. The Morgan fingerprint density at radius 1 is 1.24 bits per heavy atom. The van der Waals surface area contributed by atoms with E-state index >= 15 is 0 Å². The van der Waals surface area contributed by atoms with Crippen molar-refractivity contribution in [3.8, 4) is 0 Å². The van der Waals surface area contributed by atoms with Crippen molar-refractivity contribution in [2.75, 3.05) is 33.4 Å². The fourth-order valence-corrected chi connectivity index (χ4v) is 7.24. The van der Waals surface area contributed by atoms with E-state index < -0.39 is 10.0 Å². The summed E-state index contributed by atoms with van der Waals surface area (Å²) in [5.41, 5.74) is 1.51. The van der Waals surface area contributed by atoms with E-state index in [0.717, 1.165) is 23.5 Å². The van der Waals surface area contributed by atoms with Gasteiger partial charge in [-0.3, -0.25) is 4.79 Å². The fraction of sp³-hybridized carbons (Fsp3) is 0.652. The van der Waals surface area contributed by atoms with Crippen molar-refractivity contribution in [2.45, 2.75) is 73.8 Å². The zero-order valence-corrected chi connectivity index (χ0v) is 21.3. The largest absolute Gasteiger partial charge is 0.379 e. The van der Waals surface area contributed by atoms with Crippen molar-refractivity contribution in [3.05, 3.63) is 18.2 Å². The number of thioether (sulfide) groups is 1. The molecule has 0 spiro atoms. The van der Waals surface area contributed by atoms with Crippen LogP contribution in [0.25, 0.3) is 11.0 Å². The topological polar surface area (TPSA) is 84.7 Å². The average molecular weight is 495 g/mol. The second-order valence-electron chi connectivity index (χ2n) is 8.81. The normalized spacial score (nSPS) is 19.6. The van der Waals surface area contributed by atoms with E-state index in [1.807, 2.05) is 31.9 Å². The van der Waals surface area contributed by atoms with Gasteiger partial charge in [0.25, 0.3) is 0 Å². The summed E-state index contributed by atoms with van der Waals surface area (Å²) in [6.45, 7) is 6.19. The van der Waals surface area contributed by atoms with E-state index in [1.165, 1.54) is 35.3 Å². The minimum atomic E-state index is -3.59. The Morgan fingerprint density at radius 2 is 1.94 bits per heavy atom. The quantitative estimate of drug-likeness (QED) is 0.549. The number of aromatic nitrogens is 2. The van der Waals surface area contributed by atoms with E-state index in [9.17, 15) is 13.2 Å². The molecule has 8 nitrogen and oxygen atoms in total. The van der Waals surface area contributed by atoms with Gasteiger partial charge in [0.05, 0.1) is 34.4 Å². The lowest BCUT2D eigenvalue weighted by molar-refractivity contribution is -0.131. The first-order chi connectivity index (χ1) is 15.8. The number of carbonyl (C=O) groups excluding carboxylic acids is 1. The maximum absolute atomic E-state index is 13.1. The predicted molar refractivity (Wildman–Crippen MR) is 130 cm³/mol. The molecule has 0 bridgehead atoms. The van der Waals surface area contributed by atoms with E-state index in [4.69, 9.17) is 9.72 Å². The summed E-state index contributed by atoms with van der Waals surface area (Å²) in [5, 5.41) is 0.474. The van der Waals surface area contributed by atoms with Gasteiger partial charge in [0, 0.05) is 32.7 Å². The van der Waals surface area contributed by atoms with Crippen molar-refractivity contribution in [3.63, 3.8) is 0 Å². The van der Waals surface area contributed by atoms with Gasteiger partial charge in [-0.1, -0.05) is 31.0 Å². The minimum Gasteiger partial charge on any atom is -0.379 e. The molecule has 10 heteroatoms. The van der Waals surface area contributed by atoms with Gasteiger partial charge in [0.1, 0.15) is 0 Å². The summed E-state index contributed by atoms with van der Waals surface area (Å²) in [5.74, 6) is 0.122. The summed E-state index contributed by atoms with van der Waals surface area (Å²) < 4.78 is 34.9. The first-order valence-corrected chi connectivity index (χ1v) is 14.2. The molecule has 33 heavy (non-hydrogen) atoms. The van der Waals surface area contributed by atoms with Crippen LogP contribution in [-0.4, -0.2) is 77.7 Å². The molecule has 0 radical (unpaired) electrons. The lowest BCUT2D eigenvalue weighted by Crippen LogP contribution is -2.42. The van der Waals surface area contributed by atoms with Crippen molar-refractivity contribution in [1.29, 1.82) is 0 Å². The van der Waals surface area contributed by atoms with Gasteiger partial charge in [-0.15, -0.1) is 0 Å². The number of rotatable bonds is 7. The highest BCUT2D eigenvalue weighted by molar-refractivity contribution is 8.00. The van der Waals surface area contributed by atoms with Gasteiger partial charge < -0.3 is 14.2 Å². The maximum atomic E-state index is 13.1. The Balaban J connectivity index is 1.55. The van der Waals surface area contributed by atoms with Crippen molar-refractivity contribution in [1.82, 2.24) is 18.8 Å². The van der Waals surface area contributed by atoms with Crippen LogP contribution < -0.4 is 0 Å². The number of aryl methyl sites for hydroxylation is 1. The Hall–Kier alpha value is -1.62. The number of benzene rings is 1.